The third-order valence-corrected chi connectivity index (χ3v) is 3.38. The van der Waals surface area contributed by atoms with Crippen LogP contribution >= 0.6 is 11.6 Å². The maximum atomic E-state index is 13.7. The Morgan fingerprint density at radius 3 is 2.71 bits per heavy atom. The van der Waals surface area contributed by atoms with E-state index in [1.165, 1.54) is 12.1 Å². The topological polar surface area (TPSA) is 17.1 Å². The number of hydrogen-bond acceptors (Lipinski definition) is 1. The highest BCUT2D eigenvalue weighted by Gasteiger charge is 2.27. The summed E-state index contributed by atoms with van der Waals surface area (Å²) in [4.78, 5) is 12.2. The Hall–Kier alpha value is -1.67. The van der Waals surface area contributed by atoms with Gasteiger partial charge in [0.2, 0.25) is 0 Å². The molecule has 3 rings (SSSR count). The number of hydrogen-bond donors (Lipinski definition) is 0. The number of carbonyl (C=O) groups is 1. The van der Waals surface area contributed by atoms with Crippen LogP contribution in [0.2, 0.25) is 5.02 Å². The molecule has 2 aromatic rings. The minimum Gasteiger partial charge on any atom is -0.289 e. The van der Waals surface area contributed by atoms with Crippen LogP contribution in [-0.2, 0) is 6.42 Å². The Balaban J connectivity index is 2.30. The first-order valence-corrected chi connectivity index (χ1v) is 5.66. The van der Waals surface area contributed by atoms with Gasteiger partial charge >= 0.3 is 0 Å². The van der Waals surface area contributed by atoms with E-state index < -0.39 is 0 Å². The molecule has 84 valence electrons. The van der Waals surface area contributed by atoms with E-state index in [9.17, 15) is 9.18 Å². The quantitative estimate of drug-likeness (QED) is 0.592. The van der Waals surface area contributed by atoms with Gasteiger partial charge in [0.1, 0.15) is 5.82 Å². The van der Waals surface area contributed by atoms with Gasteiger partial charge in [-0.15, -0.1) is 0 Å². The molecule has 0 aliphatic heterocycles. The minimum absolute atomic E-state index is 0.189. The van der Waals surface area contributed by atoms with E-state index in [4.69, 9.17) is 11.6 Å². The van der Waals surface area contributed by atoms with Gasteiger partial charge in [-0.3, -0.25) is 4.79 Å². The highest BCUT2D eigenvalue weighted by molar-refractivity contribution is 6.35. The Kier molecular flexibility index (Phi) is 2.26. The molecule has 0 N–H and O–H groups in total. The van der Waals surface area contributed by atoms with Crippen LogP contribution in [-0.4, -0.2) is 5.78 Å². The molecule has 3 heteroatoms. The van der Waals surface area contributed by atoms with Crippen LogP contribution in [0.4, 0.5) is 4.39 Å². The maximum Gasteiger partial charge on any atom is 0.195 e. The zero-order valence-corrected chi connectivity index (χ0v) is 9.59. The van der Waals surface area contributed by atoms with Gasteiger partial charge in [0.05, 0.1) is 5.02 Å². The number of fused-ring (bicyclic) bond motifs is 2. The van der Waals surface area contributed by atoms with E-state index in [-0.39, 0.29) is 11.6 Å². The second-order valence-corrected chi connectivity index (χ2v) is 4.45. The predicted octanol–water partition coefficient (Wildman–Crippen LogP) is 3.61. The molecule has 0 bridgehead atoms. The molecule has 2 aromatic carbocycles. The molecule has 0 atom stereocenters. The molecule has 0 heterocycles. The van der Waals surface area contributed by atoms with Crippen molar-refractivity contribution in [2.75, 3.05) is 0 Å². The normalized spacial score (nSPS) is 13.2. The van der Waals surface area contributed by atoms with Crippen LogP contribution in [0.5, 0.6) is 0 Å². The van der Waals surface area contributed by atoms with Gasteiger partial charge in [-0.05, 0) is 17.7 Å². The molecule has 0 saturated carbocycles. The Morgan fingerprint density at radius 1 is 1.12 bits per heavy atom. The number of rotatable bonds is 0. The van der Waals surface area contributed by atoms with Crippen molar-refractivity contribution in [1.82, 2.24) is 0 Å². The average Bonchev–Trinajstić information content (AvgIpc) is 2.34. The molecule has 0 spiro atoms. The molecule has 17 heavy (non-hydrogen) atoms. The first-order valence-electron chi connectivity index (χ1n) is 5.28. The van der Waals surface area contributed by atoms with Crippen molar-refractivity contribution in [3.05, 3.63) is 69.5 Å². The lowest BCUT2D eigenvalue weighted by atomic mass is 9.85. The summed E-state index contributed by atoms with van der Waals surface area (Å²) in [6, 6.07) is 9.98. The van der Waals surface area contributed by atoms with Gasteiger partial charge in [0, 0.05) is 23.1 Å². The van der Waals surface area contributed by atoms with Crippen molar-refractivity contribution in [2.24, 2.45) is 0 Å². The lowest BCUT2D eigenvalue weighted by Crippen LogP contribution is -2.16. The summed E-state index contributed by atoms with van der Waals surface area (Å²) in [6.07, 6.45) is 0.420. The lowest BCUT2D eigenvalue weighted by Gasteiger charge is -2.19. The smallest absolute Gasteiger partial charge is 0.195 e. The Labute approximate surface area is 103 Å². The molecular weight excluding hydrogens is 239 g/mol. The van der Waals surface area contributed by atoms with Crippen molar-refractivity contribution in [2.45, 2.75) is 6.42 Å². The monoisotopic (exact) mass is 246 g/mol. The molecule has 1 aliphatic rings. The van der Waals surface area contributed by atoms with Crippen molar-refractivity contribution < 1.29 is 9.18 Å². The first kappa shape index (κ1) is 10.5. The summed E-state index contributed by atoms with van der Waals surface area (Å²) in [7, 11) is 0. The second-order valence-electron chi connectivity index (χ2n) is 4.05. The van der Waals surface area contributed by atoms with Crippen molar-refractivity contribution in [3.8, 4) is 0 Å². The molecule has 0 amide bonds. The van der Waals surface area contributed by atoms with Gasteiger partial charge in [0.25, 0.3) is 0 Å². The van der Waals surface area contributed by atoms with E-state index in [0.29, 0.717) is 28.1 Å². The standard InChI is InChI=1S/C14H8ClFO/c15-11-5-6-12(16)10-7-8-3-1-2-4-9(8)14(17)13(10)11/h1-6H,7H2. The van der Waals surface area contributed by atoms with E-state index in [1.54, 1.807) is 12.1 Å². The maximum absolute atomic E-state index is 13.7. The highest BCUT2D eigenvalue weighted by atomic mass is 35.5. The molecule has 1 nitrogen and oxygen atoms in total. The minimum atomic E-state index is -0.368. The number of ketones is 1. The zero-order chi connectivity index (χ0) is 12.0. The molecule has 1 aliphatic carbocycles. The van der Waals surface area contributed by atoms with E-state index in [0.717, 1.165) is 5.56 Å². The predicted molar refractivity (Wildman–Crippen MR) is 64.1 cm³/mol. The van der Waals surface area contributed by atoms with Crippen LogP contribution < -0.4 is 0 Å². The Morgan fingerprint density at radius 2 is 1.88 bits per heavy atom. The molecule has 0 unspecified atom stereocenters. The summed E-state index contributed by atoms with van der Waals surface area (Å²) in [5.74, 6) is -0.557. The van der Waals surface area contributed by atoms with Crippen LogP contribution in [0, 0.1) is 5.82 Å². The molecule has 0 saturated heterocycles. The average molecular weight is 247 g/mol. The fourth-order valence-electron chi connectivity index (χ4n) is 2.23. The van der Waals surface area contributed by atoms with E-state index in [2.05, 4.69) is 0 Å². The second kappa shape index (κ2) is 3.67. The zero-order valence-electron chi connectivity index (χ0n) is 8.84. The summed E-state index contributed by atoms with van der Waals surface area (Å²) in [5.41, 5.74) is 2.19. The number of benzene rings is 2. The molecule has 0 aromatic heterocycles. The van der Waals surface area contributed by atoms with Gasteiger partial charge in [-0.25, -0.2) is 4.39 Å². The number of halogens is 2. The highest BCUT2D eigenvalue weighted by Crippen LogP contribution is 2.33. The van der Waals surface area contributed by atoms with Crippen molar-refractivity contribution >= 4 is 17.4 Å². The lowest BCUT2D eigenvalue weighted by molar-refractivity contribution is 0.103. The van der Waals surface area contributed by atoms with Gasteiger partial charge in [-0.2, -0.15) is 0 Å². The summed E-state index contributed by atoms with van der Waals surface area (Å²) in [6.45, 7) is 0. The van der Waals surface area contributed by atoms with E-state index >= 15 is 0 Å². The summed E-state index contributed by atoms with van der Waals surface area (Å²) >= 11 is 5.99. The van der Waals surface area contributed by atoms with Crippen molar-refractivity contribution in [1.29, 1.82) is 0 Å². The van der Waals surface area contributed by atoms with Crippen LogP contribution in [0.15, 0.2) is 36.4 Å². The molecular formula is C14H8ClFO. The fraction of sp³-hybridized carbons (Fsp3) is 0.0714. The third-order valence-electron chi connectivity index (χ3n) is 3.06. The van der Waals surface area contributed by atoms with Crippen molar-refractivity contribution in [3.63, 3.8) is 0 Å². The van der Waals surface area contributed by atoms with Crippen LogP contribution in [0.3, 0.4) is 0 Å². The molecule has 0 fully saturated rings. The van der Waals surface area contributed by atoms with Crippen LogP contribution in [0.25, 0.3) is 0 Å². The first-order chi connectivity index (χ1) is 8.18. The van der Waals surface area contributed by atoms with Gasteiger partial charge in [0.15, 0.2) is 5.78 Å². The van der Waals surface area contributed by atoms with Gasteiger partial charge in [-0.1, -0.05) is 35.9 Å². The SMILES string of the molecule is O=C1c2ccccc2Cc2c(F)ccc(Cl)c21. The van der Waals surface area contributed by atoms with Gasteiger partial charge < -0.3 is 0 Å². The van der Waals surface area contributed by atoms with Crippen LogP contribution in [0.1, 0.15) is 27.0 Å². The Bertz CT molecular complexity index is 634. The summed E-state index contributed by atoms with van der Waals surface area (Å²) in [5, 5.41) is 0.320. The van der Waals surface area contributed by atoms with E-state index in [1.807, 2.05) is 12.1 Å². The number of carbonyl (C=O) groups excluding carboxylic acids is 1. The third kappa shape index (κ3) is 1.48. The summed E-state index contributed by atoms with van der Waals surface area (Å²) < 4.78 is 13.7. The largest absolute Gasteiger partial charge is 0.289 e. The fourth-order valence-corrected chi connectivity index (χ4v) is 2.50. The molecule has 0 radical (unpaired) electrons.